The average molecular weight is 286 g/mol. The lowest BCUT2D eigenvalue weighted by atomic mass is 10.2. The van der Waals surface area contributed by atoms with E-state index in [1.165, 1.54) is 0 Å². The van der Waals surface area contributed by atoms with Gasteiger partial charge >= 0.3 is 0 Å². The normalized spacial score (nSPS) is 12.0. The number of sulfonamides is 1. The minimum absolute atomic E-state index is 0.102. The maximum Gasteiger partial charge on any atom is 0.240 e. The Balaban J connectivity index is 2.56. The Morgan fingerprint density at radius 3 is 2.37 bits per heavy atom. The predicted molar refractivity (Wildman–Crippen MR) is 75.5 cm³/mol. The van der Waals surface area contributed by atoms with Crippen LogP contribution in [-0.2, 0) is 21.3 Å². The molecule has 0 aromatic heterocycles. The Kier molecular flexibility index (Phi) is 6.44. The molecule has 1 rings (SSSR count). The van der Waals surface area contributed by atoms with E-state index < -0.39 is 10.0 Å². The predicted octanol–water partition coefficient (Wildman–Crippen LogP) is 1.11. The summed E-state index contributed by atoms with van der Waals surface area (Å²) in [4.78, 5) is 0.275. The fourth-order valence-electron chi connectivity index (χ4n) is 1.54. The smallest absolute Gasteiger partial charge is 0.240 e. The maximum atomic E-state index is 12.0. The molecule has 1 aromatic carbocycles. The van der Waals surface area contributed by atoms with Gasteiger partial charge in [0.15, 0.2) is 0 Å². The summed E-state index contributed by atoms with van der Waals surface area (Å²) >= 11 is 0. The topological polar surface area (TPSA) is 67.4 Å². The van der Waals surface area contributed by atoms with E-state index in [-0.39, 0.29) is 17.5 Å². The molecule has 5 nitrogen and oxygen atoms in total. The average Bonchev–Trinajstić information content (AvgIpc) is 2.36. The van der Waals surface area contributed by atoms with Crippen molar-refractivity contribution in [2.24, 2.45) is 0 Å². The fraction of sp³-hybridized carbons (Fsp3) is 0.538. The summed E-state index contributed by atoms with van der Waals surface area (Å²) in [5.41, 5.74) is 1.05. The van der Waals surface area contributed by atoms with Gasteiger partial charge in [0, 0.05) is 13.1 Å². The molecule has 0 aliphatic heterocycles. The van der Waals surface area contributed by atoms with Crippen LogP contribution in [0.25, 0.3) is 0 Å². The minimum atomic E-state index is -3.44. The molecule has 0 amide bonds. The summed E-state index contributed by atoms with van der Waals surface area (Å²) in [6.07, 6.45) is 0.102. The molecule has 0 fully saturated rings. The zero-order chi connectivity index (χ0) is 14.3. The van der Waals surface area contributed by atoms with Crippen LogP contribution >= 0.6 is 0 Å². The molecule has 2 N–H and O–H groups in total. The summed E-state index contributed by atoms with van der Waals surface area (Å²) < 4.78 is 31.7. The van der Waals surface area contributed by atoms with Crippen LogP contribution in [0.5, 0.6) is 0 Å². The van der Waals surface area contributed by atoms with Gasteiger partial charge in [-0.2, -0.15) is 0 Å². The largest absolute Gasteiger partial charge is 0.377 e. The standard InChI is InChI=1S/C13H22N2O3S/c1-11(2)18-9-8-15-19(16,17)13-6-4-12(5-7-13)10-14-3/h4-7,11,14-15H,8-10H2,1-3H3. The minimum Gasteiger partial charge on any atom is -0.377 e. The number of benzene rings is 1. The number of rotatable bonds is 8. The molecule has 0 aliphatic rings. The lowest BCUT2D eigenvalue weighted by Gasteiger charge is -2.09. The highest BCUT2D eigenvalue weighted by molar-refractivity contribution is 7.89. The lowest BCUT2D eigenvalue weighted by Crippen LogP contribution is -2.28. The zero-order valence-electron chi connectivity index (χ0n) is 11.6. The van der Waals surface area contributed by atoms with Crippen LogP contribution in [0.4, 0.5) is 0 Å². The van der Waals surface area contributed by atoms with Crippen molar-refractivity contribution in [1.29, 1.82) is 0 Å². The van der Waals surface area contributed by atoms with Gasteiger partial charge in [-0.1, -0.05) is 12.1 Å². The van der Waals surface area contributed by atoms with Crippen molar-refractivity contribution in [2.75, 3.05) is 20.2 Å². The Labute approximate surface area is 115 Å². The molecule has 108 valence electrons. The van der Waals surface area contributed by atoms with Gasteiger partial charge in [-0.3, -0.25) is 0 Å². The molecule has 0 aliphatic carbocycles. The molecule has 0 unspecified atom stereocenters. The van der Waals surface area contributed by atoms with Crippen molar-refractivity contribution in [3.8, 4) is 0 Å². The number of hydrogen-bond acceptors (Lipinski definition) is 4. The highest BCUT2D eigenvalue weighted by atomic mass is 32.2. The van der Waals surface area contributed by atoms with Gasteiger partial charge in [0.2, 0.25) is 10.0 Å². The van der Waals surface area contributed by atoms with Gasteiger partial charge in [-0.15, -0.1) is 0 Å². The van der Waals surface area contributed by atoms with Gasteiger partial charge in [0.25, 0.3) is 0 Å². The second-order valence-electron chi connectivity index (χ2n) is 4.49. The number of ether oxygens (including phenoxy) is 1. The SMILES string of the molecule is CNCc1ccc(S(=O)(=O)NCCOC(C)C)cc1. The van der Waals surface area contributed by atoms with Crippen molar-refractivity contribution in [3.63, 3.8) is 0 Å². The first-order valence-electron chi connectivity index (χ1n) is 6.30. The van der Waals surface area contributed by atoms with Crippen molar-refractivity contribution < 1.29 is 13.2 Å². The van der Waals surface area contributed by atoms with E-state index in [9.17, 15) is 8.42 Å². The van der Waals surface area contributed by atoms with E-state index in [0.717, 1.165) is 12.1 Å². The van der Waals surface area contributed by atoms with Crippen LogP contribution in [0.15, 0.2) is 29.2 Å². The molecule has 0 heterocycles. The quantitative estimate of drug-likeness (QED) is 0.703. The molecule has 0 saturated carbocycles. The molecular weight excluding hydrogens is 264 g/mol. The highest BCUT2D eigenvalue weighted by Crippen LogP contribution is 2.10. The first-order chi connectivity index (χ1) is 8.95. The van der Waals surface area contributed by atoms with Gasteiger partial charge in [-0.05, 0) is 38.6 Å². The Bertz CT molecular complexity index is 469. The third kappa shape index (κ3) is 5.69. The van der Waals surface area contributed by atoms with Gasteiger partial charge in [0.1, 0.15) is 0 Å². The molecule has 0 atom stereocenters. The van der Waals surface area contributed by atoms with E-state index in [1.54, 1.807) is 24.3 Å². The molecule has 0 radical (unpaired) electrons. The Hall–Kier alpha value is -0.950. The monoisotopic (exact) mass is 286 g/mol. The van der Waals surface area contributed by atoms with Crippen molar-refractivity contribution in [3.05, 3.63) is 29.8 Å². The third-order valence-electron chi connectivity index (χ3n) is 2.46. The maximum absolute atomic E-state index is 12.0. The van der Waals surface area contributed by atoms with E-state index in [2.05, 4.69) is 10.0 Å². The van der Waals surface area contributed by atoms with Crippen LogP contribution in [0, 0.1) is 0 Å². The molecule has 6 heteroatoms. The zero-order valence-corrected chi connectivity index (χ0v) is 12.5. The van der Waals surface area contributed by atoms with Crippen LogP contribution in [-0.4, -0.2) is 34.7 Å². The van der Waals surface area contributed by atoms with Crippen LogP contribution in [0.2, 0.25) is 0 Å². The van der Waals surface area contributed by atoms with E-state index >= 15 is 0 Å². The van der Waals surface area contributed by atoms with Crippen molar-refractivity contribution in [1.82, 2.24) is 10.0 Å². The molecule has 0 saturated heterocycles. The van der Waals surface area contributed by atoms with E-state index in [1.807, 2.05) is 20.9 Å². The van der Waals surface area contributed by atoms with E-state index in [4.69, 9.17) is 4.74 Å². The lowest BCUT2D eigenvalue weighted by molar-refractivity contribution is 0.0834. The second kappa shape index (κ2) is 7.59. The molecule has 0 spiro atoms. The Morgan fingerprint density at radius 1 is 1.21 bits per heavy atom. The molecule has 1 aromatic rings. The van der Waals surface area contributed by atoms with Crippen LogP contribution in [0.1, 0.15) is 19.4 Å². The third-order valence-corrected chi connectivity index (χ3v) is 3.94. The summed E-state index contributed by atoms with van der Waals surface area (Å²) in [6.45, 7) is 5.19. The summed E-state index contributed by atoms with van der Waals surface area (Å²) in [5, 5.41) is 3.01. The first-order valence-corrected chi connectivity index (χ1v) is 7.79. The van der Waals surface area contributed by atoms with Crippen LogP contribution in [0.3, 0.4) is 0 Å². The Morgan fingerprint density at radius 2 is 1.84 bits per heavy atom. The highest BCUT2D eigenvalue weighted by Gasteiger charge is 2.12. The van der Waals surface area contributed by atoms with Gasteiger partial charge in [0.05, 0.1) is 17.6 Å². The summed E-state index contributed by atoms with van der Waals surface area (Å²) in [5.74, 6) is 0. The van der Waals surface area contributed by atoms with Gasteiger partial charge in [-0.25, -0.2) is 13.1 Å². The molecule has 19 heavy (non-hydrogen) atoms. The first kappa shape index (κ1) is 16.1. The number of nitrogens with one attached hydrogen (secondary N) is 2. The second-order valence-corrected chi connectivity index (χ2v) is 6.26. The van der Waals surface area contributed by atoms with Gasteiger partial charge < -0.3 is 10.1 Å². The summed E-state index contributed by atoms with van der Waals surface area (Å²) in [7, 11) is -1.59. The van der Waals surface area contributed by atoms with Crippen molar-refractivity contribution in [2.45, 2.75) is 31.4 Å². The van der Waals surface area contributed by atoms with Crippen molar-refractivity contribution >= 4 is 10.0 Å². The molecular formula is C13H22N2O3S. The van der Waals surface area contributed by atoms with E-state index in [0.29, 0.717) is 6.61 Å². The van der Waals surface area contributed by atoms with Crippen LogP contribution < -0.4 is 10.0 Å². The fourth-order valence-corrected chi connectivity index (χ4v) is 2.56. The summed E-state index contributed by atoms with van der Waals surface area (Å²) in [6, 6.07) is 6.82. The number of hydrogen-bond donors (Lipinski definition) is 2. The molecule has 0 bridgehead atoms.